The lowest BCUT2D eigenvalue weighted by Gasteiger charge is -2.08. The van der Waals surface area contributed by atoms with Crippen molar-refractivity contribution >= 4 is 39.8 Å². The summed E-state index contributed by atoms with van der Waals surface area (Å²) >= 11 is 2.83. The van der Waals surface area contributed by atoms with Gasteiger partial charge in [0.25, 0.3) is 0 Å². The molecule has 0 unspecified atom stereocenters. The number of thioether (sulfide) groups is 1. The molecule has 8 nitrogen and oxygen atoms in total. The summed E-state index contributed by atoms with van der Waals surface area (Å²) in [6.45, 7) is 5.40. The van der Waals surface area contributed by atoms with Gasteiger partial charge in [0.2, 0.25) is 11.0 Å². The number of carbonyl (C=O) groups is 1. The molecule has 25 heavy (non-hydrogen) atoms. The summed E-state index contributed by atoms with van der Waals surface area (Å²) in [6.07, 6.45) is 2.46. The van der Waals surface area contributed by atoms with Crippen molar-refractivity contribution in [2.24, 2.45) is 7.05 Å². The van der Waals surface area contributed by atoms with Crippen LogP contribution >= 0.6 is 23.1 Å². The fourth-order valence-corrected chi connectivity index (χ4v) is 4.16. The van der Waals surface area contributed by atoms with Crippen LogP contribution in [0.15, 0.2) is 4.34 Å². The Balaban J connectivity index is 1.45. The topological polar surface area (TPSA) is 94.0 Å². The van der Waals surface area contributed by atoms with Crippen molar-refractivity contribution < 1.29 is 9.53 Å². The number of nitrogens with one attached hydrogen (secondary N) is 2. The summed E-state index contributed by atoms with van der Waals surface area (Å²) < 4.78 is 8.09. The van der Waals surface area contributed by atoms with Gasteiger partial charge in [0, 0.05) is 20.2 Å². The molecule has 0 saturated carbocycles. The number of aromatic nitrogens is 4. The Morgan fingerprint density at radius 2 is 2.28 bits per heavy atom. The monoisotopic (exact) mass is 382 g/mol. The first-order valence-electron chi connectivity index (χ1n) is 8.14. The van der Waals surface area contributed by atoms with Gasteiger partial charge in [0.15, 0.2) is 4.34 Å². The third kappa shape index (κ3) is 4.71. The smallest absolute Gasteiger partial charge is 0.234 e. The van der Waals surface area contributed by atoms with Crippen LogP contribution in [0, 0.1) is 13.8 Å². The molecule has 0 radical (unpaired) electrons. The van der Waals surface area contributed by atoms with Crippen molar-refractivity contribution in [3.05, 3.63) is 11.4 Å². The van der Waals surface area contributed by atoms with E-state index in [0.29, 0.717) is 0 Å². The Bertz CT molecular complexity index is 738. The van der Waals surface area contributed by atoms with Crippen molar-refractivity contribution in [1.29, 1.82) is 0 Å². The van der Waals surface area contributed by atoms with Crippen LogP contribution < -0.4 is 10.6 Å². The largest absolute Gasteiger partial charge is 0.376 e. The minimum absolute atomic E-state index is 0.0757. The average Bonchev–Trinajstić information content (AvgIpc) is 3.30. The summed E-state index contributed by atoms with van der Waals surface area (Å²) in [4.78, 5) is 12.2. The molecule has 1 saturated heterocycles. The molecule has 0 aromatic carbocycles. The first-order chi connectivity index (χ1) is 12.0. The van der Waals surface area contributed by atoms with Gasteiger partial charge in [-0.1, -0.05) is 23.1 Å². The average molecular weight is 383 g/mol. The van der Waals surface area contributed by atoms with E-state index in [1.54, 1.807) is 4.68 Å². The van der Waals surface area contributed by atoms with Gasteiger partial charge in [-0.05, 0) is 26.7 Å². The molecule has 1 amide bonds. The first-order valence-corrected chi connectivity index (χ1v) is 9.95. The zero-order valence-corrected chi connectivity index (χ0v) is 16.2. The van der Waals surface area contributed by atoms with Crippen LogP contribution in [-0.4, -0.2) is 50.9 Å². The number of amides is 1. The second-order valence-corrected chi connectivity index (χ2v) is 8.10. The van der Waals surface area contributed by atoms with E-state index >= 15 is 0 Å². The van der Waals surface area contributed by atoms with Crippen molar-refractivity contribution in [1.82, 2.24) is 20.0 Å². The van der Waals surface area contributed by atoms with E-state index in [0.717, 1.165) is 52.5 Å². The third-order valence-electron chi connectivity index (χ3n) is 4.01. The van der Waals surface area contributed by atoms with Crippen LogP contribution in [0.2, 0.25) is 0 Å². The van der Waals surface area contributed by atoms with Gasteiger partial charge in [-0.3, -0.25) is 9.48 Å². The summed E-state index contributed by atoms with van der Waals surface area (Å²) in [5.74, 6) is 0.210. The minimum atomic E-state index is -0.0757. The molecule has 136 valence electrons. The molecule has 1 aliphatic heterocycles. The maximum absolute atomic E-state index is 12.2. The van der Waals surface area contributed by atoms with E-state index in [1.165, 1.54) is 23.1 Å². The van der Waals surface area contributed by atoms with Crippen LogP contribution in [0.3, 0.4) is 0 Å². The maximum atomic E-state index is 12.2. The Hall–Kier alpha value is -1.65. The third-order valence-corrected chi connectivity index (χ3v) is 6.03. The van der Waals surface area contributed by atoms with Gasteiger partial charge >= 0.3 is 0 Å². The molecule has 1 aliphatic rings. The maximum Gasteiger partial charge on any atom is 0.234 e. The zero-order valence-electron chi connectivity index (χ0n) is 14.5. The minimum Gasteiger partial charge on any atom is -0.376 e. The number of carbonyl (C=O) groups excluding carboxylic acids is 1. The number of rotatable bonds is 7. The lowest BCUT2D eigenvalue weighted by Crippen LogP contribution is -2.18. The van der Waals surface area contributed by atoms with E-state index < -0.39 is 0 Å². The molecule has 2 N–H and O–H groups in total. The van der Waals surface area contributed by atoms with Gasteiger partial charge in [-0.25, -0.2) is 0 Å². The molecule has 0 aliphatic carbocycles. The van der Waals surface area contributed by atoms with Crippen LogP contribution in [0.1, 0.15) is 24.2 Å². The van der Waals surface area contributed by atoms with E-state index in [4.69, 9.17) is 4.74 Å². The quantitative estimate of drug-likeness (QED) is 0.709. The number of aryl methyl sites for hydroxylation is 2. The SMILES string of the molecule is Cc1nn(C)c(C)c1NC(=O)CSc1nnc(NC[C@@H]2CCCO2)s1. The van der Waals surface area contributed by atoms with Gasteiger partial charge in [0.1, 0.15) is 0 Å². The van der Waals surface area contributed by atoms with Gasteiger partial charge in [-0.2, -0.15) is 5.10 Å². The molecule has 3 heterocycles. The standard InChI is InChI=1S/C15H22N6O2S2/c1-9-13(10(2)21(3)20-9)17-12(22)8-24-15-19-18-14(25-15)16-7-11-5-4-6-23-11/h11H,4-8H2,1-3H3,(H,16,18)(H,17,22)/t11-/m0/s1. The number of ether oxygens (including phenoxy) is 1. The van der Waals surface area contributed by atoms with Gasteiger partial charge in [-0.15, -0.1) is 10.2 Å². The number of nitrogens with zero attached hydrogens (tertiary/aromatic N) is 4. The molecule has 0 bridgehead atoms. The van der Waals surface area contributed by atoms with E-state index in [9.17, 15) is 4.79 Å². The second kappa shape index (κ2) is 8.15. The first kappa shape index (κ1) is 18.2. The number of hydrogen-bond acceptors (Lipinski definition) is 8. The fraction of sp³-hybridized carbons (Fsp3) is 0.600. The highest BCUT2D eigenvalue weighted by atomic mass is 32.2. The highest BCUT2D eigenvalue weighted by molar-refractivity contribution is 8.01. The van der Waals surface area contributed by atoms with Crippen molar-refractivity contribution in [3.63, 3.8) is 0 Å². The van der Waals surface area contributed by atoms with Crippen molar-refractivity contribution in [3.8, 4) is 0 Å². The van der Waals surface area contributed by atoms with Crippen LogP contribution in [0.4, 0.5) is 10.8 Å². The molecule has 1 atom stereocenters. The Morgan fingerprint density at radius 1 is 1.44 bits per heavy atom. The highest BCUT2D eigenvalue weighted by Gasteiger charge is 2.16. The molecule has 10 heteroatoms. The summed E-state index contributed by atoms with van der Waals surface area (Å²) in [5, 5.41) is 19.4. The van der Waals surface area contributed by atoms with Crippen LogP contribution in [0.25, 0.3) is 0 Å². The molecule has 3 rings (SSSR count). The predicted molar refractivity (Wildman–Crippen MR) is 99.4 cm³/mol. The van der Waals surface area contributed by atoms with E-state index in [-0.39, 0.29) is 17.8 Å². The fourth-order valence-electron chi connectivity index (χ4n) is 2.60. The molecule has 1 fully saturated rings. The Morgan fingerprint density at radius 3 is 2.96 bits per heavy atom. The predicted octanol–water partition coefficient (Wildman–Crippen LogP) is 2.21. The normalized spacial score (nSPS) is 17.0. The van der Waals surface area contributed by atoms with Crippen molar-refractivity contribution in [2.45, 2.75) is 37.1 Å². The summed E-state index contributed by atoms with van der Waals surface area (Å²) in [5.41, 5.74) is 2.53. The molecular formula is C15H22N6O2S2. The second-order valence-electron chi connectivity index (χ2n) is 5.90. The van der Waals surface area contributed by atoms with Gasteiger partial charge < -0.3 is 15.4 Å². The Kier molecular flexibility index (Phi) is 5.92. The van der Waals surface area contributed by atoms with E-state index in [2.05, 4.69) is 25.9 Å². The number of anilines is 2. The van der Waals surface area contributed by atoms with Crippen LogP contribution in [-0.2, 0) is 16.6 Å². The Labute approximate surface area is 154 Å². The van der Waals surface area contributed by atoms with Crippen molar-refractivity contribution in [2.75, 3.05) is 29.5 Å². The zero-order chi connectivity index (χ0) is 17.8. The lowest BCUT2D eigenvalue weighted by molar-refractivity contribution is -0.113. The molecule has 2 aromatic rings. The molecular weight excluding hydrogens is 360 g/mol. The molecule has 0 spiro atoms. The number of hydrogen-bond donors (Lipinski definition) is 2. The lowest BCUT2D eigenvalue weighted by atomic mass is 10.2. The highest BCUT2D eigenvalue weighted by Crippen LogP contribution is 2.26. The summed E-state index contributed by atoms with van der Waals surface area (Å²) in [7, 11) is 1.86. The summed E-state index contributed by atoms with van der Waals surface area (Å²) in [6, 6.07) is 0. The van der Waals surface area contributed by atoms with E-state index in [1.807, 2.05) is 20.9 Å². The van der Waals surface area contributed by atoms with Crippen LogP contribution in [0.5, 0.6) is 0 Å². The van der Waals surface area contributed by atoms with Gasteiger partial charge in [0.05, 0.1) is 28.9 Å². The molecule has 2 aromatic heterocycles.